The second-order valence-corrected chi connectivity index (χ2v) is 16.1. The second kappa shape index (κ2) is 13.9. The summed E-state index contributed by atoms with van der Waals surface area (Å²) in [5, 5.41) is 2.54. The molecule has 0 aliphatic heterocycles. The van der Waals surface area contributed by atoms with Gasteiger partial charge in [-0.1, -0.05) is 184 Å². The predicted octanol–water partition coefficient (Wildman–Crippen LogP) is 15.6. The van der Waals surface area contributed by atoms with E-state index in [2.05, 4.69) is 242 Å². The first-order valence-electron chi connectivity index (χ1n) is 20.5. The molecule has 0 amide bonds. The Bertz CT molecular complexity index is 3120. The lowest BCUT2D eigenvalue weighted by Crippen LogP contribution is -2.16. The largest absolute Gasteiger partial charge is 0.310 e. The molecule has 9 aromatic carbocycles. The van der Waals surface area contributed by atoms with Crippen molar-refractivity contribution in [2.75, 3.05) is 4.90 Å². The minimum Gasteiger partial charge on any atom is -0.310 e. The molecule has 0 saturated heterocycles. The molecule has 1 heterocycles. The number of anilines is 3. The van der Waals surface area contributed by atoms with Gasteiger partial charge in [-0.2, -0.15) is 0 Å². The average Bonchev–Trinajstić information content (AvgIpc) is 3.75. The van der Waals surface area contributed by atoms with Gasteiger partial charge in [0.05, 0.1) is 22.4 Å². The average molecular weight is 755 g/mol. The van der Waals surface area contributed by atoms with E-state index in [1.807, 2.05) is 0 Å². The third-order valence-corrected chi connectivity index (χ3v) is 12.4. The molecule has 11 rings (SSSR count). The van der Waals surface area contributed by atoms with Gasteiger partial charge >= 0.3 is 0 Å². The van der Waals surface area contributed by atoms with Crippen molar-refractivity contribution < 1.29 is 0 Å². The Hall–Kier alpha value is -7.42. The minimum atomic E-state index is -0.105. The molecule has 1 aliphatic rings. The van der Waals surface area contributed by atoms with Crippen molar-refractivity contribution in [3.8, 4) is 50.2 Å². The number of nitrogens with zero attached hydrogens (tertiary/aromatic N) is 2. The summed E-state index contributed by atoms with van der Waals surface area (Å²) in [6.45, 7) is 4.71. The Kier molecular flexibility index (Phi) is 8.20. The van der Waals surface area contributed by atoms with E-state index in [-0.39, 0.29) is 5.41 Å². The second-order valence-electron chi connectivity index (χ2n) is 16.1. The van der Waals surface area contributed by atoms with Crippen LogP contribution in [0, 0.1) is 0 Å². The molecule has 0 atom stereocenters. The summed E-state index contributed by atoms with van der Waals surface area (Å²) >= 11 is 0. The number of rotatable bonds is 7. The lowest BCUT2D eigenvalue weighted by atomic mass is 9.82. The molecule has 280 valence electrons. The van der Waals surface area contributed by atoms with Crippen LogP contribution in [-0.4, -0.2) is 4.57 Å². The fourth-order valence-electron chi connectivity index (χ4n) is 9.53. The Balaban J connectivity index is 0.978. The molecule has 0 spiro atoms. The van der Waals surface area contributed by atoms with Gasteiger partial charge < -0.3 is 9.47 Å². The van der Waals surface area contributed by atoms with Crippen LogP contribution in [0.15, 0.2) is 218 Å². The maximum Gasteiger partial charge on any atom is 0.0541 e. The highest BCUT2D eigenvalue weighted by Crippen LogP contribution is 2.51. The van der Waals surface area contributed by atoms with Gasteiger partial charge in [0, 0.05) is 38.7 Å². The van der Waals surface area contributed by atoms with Gasteiger partial charge in [-0.3, -0.25) is 0 Å². The van der Waals surface area contributed by atoms with Gasteiger partial charge in [-0.25, -0.2) is 0 Å². The predicted molar refractivity (Wildman–Crippen MR) is 249 cm³/mol. The van der Waals surface area contributed by atoms with Crippen molar-refractivity contribution in [2.45, 2.75) is 19.3 Å². The number of benzene rings is 9. The summed E-state index contributed by atoms with van der Waals surface area (Å²) in [5.41, 5.74) is 19.4. The molecule has 1 aromatic heterocycles. The smallest absolute Gasteiger partial charge is 0.0541 e. The summed E-state index contributed by atoms with van der Waals surface area (Å²) in [6, 6.07) is 79.7. The topological polar surface area (TPSA) is 8.17 Å². The summed E-state index contributed by atoms with van der Waals surface area (Å²) in [6.07, 6.45) is 0. The van der Waals surface area contributed by atoms with E-state index in [1.165, 1.54) is 83.1 Å². The lowest BCUT2D eigenvalue weighted by molar-refractivity contribution is 0.660. The van der Waals surface area contributed by atoms with Gasteiger partial charge in [-0.15, -0.1) is 0 Å². The Morgan fingerprint density at radius 3 is 1.56 bits per heavy atom. The van der Waals surface area contributed by atoms with Gasteiger partial charge in [-0.05, 0) is 93.0 Å². The van der Waals surface area contributed by atoms with Gasteiger partial charge in [0.15, 0.2) is 0 Å². The summed E-state index contributed by atoms with van der Waals surface area (Å²) in [5.74, 6) is 0. The molecular formula is C57H42N2. The molecule has 0 bridgehead atoms. The summed E-state index contributed by atoms with van der Waals surface area (Å²) in [7, 11) is 0. The first kappa shape index (κ1) is 34.8. The van der Waals surface area contributed by atoms with E-state index >= 15 is 0 Å². The van der Waals surface area contributed by atoms with Crippen LogP contribution in [0.1, 0.15) is 25.0 Å². The molecule has 0 radical (unpaired) electrons. The quantitative estimate of drug-likeness (QED) is 0.157. The molecule has 0 unspecified atom stereocenters. The van der Waals surface area contributed by atoms with E-state index in [0.717, 1.165) is 17.1 Å². The van der Waals surface area contributed by atoms with Crippen LogP contribution in [0.25, 0.3) is 72.0 Å². The first-order chi connectivity index (χ1) is 29.0. The van der Waals surface area contributed by atoms with Crippen molar-refractivity contribution in [2.24, 2.45) is 0 Å². The lowest BCUT2D eigenvalue weighted by Gasteiger charge is -2.30. The van der Waals surface area contributed by atoms with Crippen molar-refractivity contribution in [1.82, 2.24) is 4.57 Å². The molecular weight excluding hydrogens is 713 g/mol. The fraction of sp³-hybridized carbons (Fsp3) is 0.0526. The molecule has 59 heavy (non-hydrogen) atoms. The fourth-order valence-corrected chi connectivity index (χ4v) is 9.53. The molecule has 2 heteroatoms. The molecule has 10 aromatic rings. The number of hydrogen-bond donors (Lipinski definition) is 0. The van der Waals surface area contributed by atoms with Crippen LogP contribution < -0.4 is 4.90 Å². The zero-order valence-corrected chi connectivity index (χ0v) is 33.2. The Morgan fingerprint density at radius 2 is 0.847 bits per heavy atom. The molecule has 2 nitrogen and oxygen atoms in total. The highest BCUT2D eigenvalue weighted by Gasteiger charge is 2.36. The Labute approximate surface area is 345 Å². The summed E-state index contributed by atoms with van der Waals surface area (Å²) < 4.78 is 2.41. The van der Waals surface area contributed by atoms with Crippen LogP contribution in [0.5, 0.6) is 0 Å². The first-order valence-corrected chi connectivity index (χ1v) is 20.5. The highest BCUT2D eigenvalue weighted by molar-refractivity contribution is 6.09. The zero-order chi connectivity index (χ0) is 39.5. The van der Waals surface area contributed by atoms with Crippen LogP contribution in [0.3, 0.4) is 0 Å². The van der Waals surface area contributed by atoms with Crippen molar-refractivity contribution in [3.05, 3.63) is 230 Å². The van der Waals surface area contributed by atoms with E-state index in [4.69, 9.17) is 0 Å². The SMILES string of the molecule is CC1(C)c2ccccc2-c2ccc(N(c3ccc(-c4ccc(-c5ccccc5-n5c6ccccc6c6ccccc65)cc4)cc3)c3ccccc3-c3ccccc3)cc21. The van der Waals surface area contributed by atoms with Gasteiger partial charge in [0.25, 0.3) is 0 Å². The number of hydrogen-bond acceptors (Lipinski definition) is 1. The Morgan fingerprint density at radius 1 is 0.356 bits per heavy atom. The normalized spacial score (nSPS) is 12.7. The minimum absolute atomic E-state index is 0.105. The van der Waals surface area contributed by atoms with Gasteiger partial charge in [0.2, 0.25) is 0 Å². The molecule has 0 fully saturated rings. The van der Waals surface area contributed by atoms with Crippen LogP contribution in [0.2, 0.25) is 0 Å². The van der Waals surface area contributed by atoms with E-state index in [9.17, 15) is 0 Å². The van der Waals surface area contributed by atoms with E-state index < -0.39 is 0 Å². The molecule has 1 aliphatic carbocycles. The number of aromatic nitrogens is 1. The van der Waals surface area contributed by atoms with E-state index in [1.54, 1.807) is 0 Å². The monoisotopic (exact) mass is 754 g/mol. The van der Waals surface area contributed by atoms with Crippen molar-refractivity contribution in [1.29, 1.82) is 0 Å². The maximum absolute atomic E-state index is 2.43. The summed E-state index contributed by atoms with van der Waals surface area (Å²) in [4.78, 5) is 2.43. The van der Waals surface area contributed by atoms with Crippen LogP contribution >= 0.6 is 0 Å². The van der Waals surface area contributed by atoms with E-state index in [0.29, 0.717) is 0 Å². The third kappa shape index (κ3) is 5.71. The third-order valence-electron chi connectivity index (χ3n) is 12.4. The number of fused-ring (bicyclic) bond motifs is 6. The van der Waals surface area contributed by atoms with Crippen LogP contribution in [-0.2, 0) is 5.41 Å². The zero-order valence-electron chi connectivity index (χ0n) is 33.2. The van der Waals surface area contributed by atoms with Crippen molar-refractivity contribution in [3.63, 3.8) is 0 Å². The van der Waals surface area contributed by atoms with Crippen molar-refractivity contribution >= 4 is 38.9 Å². The van der Waals surface area contributed by atoms with Gasteiger partial charge in [0.1, 0.15) is 0 Å². The standard InChI is InChI=1S/C57H42N2/c1-57(2)51-23-11-6-20-47(51)48-37-36-44(38-52(48)57)58(53-24-12-7-18-45(53)41-16-4-3-5-17-41)43-34-32-40(33-35-43)39-28-30-42(31-29-39)46-19-8-13-25-54(46)59-55-26-14-9-21-49(55)50-22-10-15-27-56(50)59/h3-38H,1-2H3. The number of para-hydroxylation sites is 4. The molecule has 0 saturated carbocycles. The van der Waals surface area contributed by atoms with Crippen LogP contribution in [0.4, 0.5) is 17.1 Å². The maximum atomic E-state index is 2.43. The molecule has 0 N–H and O–H groups in total. The highest BCUT2D eigenvalue weighted by atomic mass is 15.1.